The number of thioether (sulfide) groups is 1. The average molecular weight is 282 g/mol. The van der Waals surface area contributed by atoms with Crippen molar-refractivity contribution in [3.8, 4) is 0 Å². The van der Waals surface area contributed by atoms with Gasteiger partial charge < -0.3 is 11.5 Å². The molecule has 0 saturated carbocycles. The summed E-state index contributed by atoms with van der Waals surface area (Å²) < 4.78 is 0. The van der Waals surface area contributed by atoms with Crippen LogP contribution in [0.25, 0.3) is 0 Å². The number of primary amides is 1. The van der Waals surface area contributed by atoms with E-state index in [0.717, 1.165) is 34.3 Å². The molecule has 1 atom stereocenters. The van der Waals surface area contributed by atoms with E-state index in [2.05, 4.69) is 9.97 Å². The van der Waals surface area contributed by atoms with Gasteiger partial charge in [0.2, 0.25) is 5.91 Å². The van der Waals surface area contributed by atoms with Gasteiger partial charge in [-0.2, -0.15) is 0 Å². The molecule has 0 aliphatic rings. The van der Waals surface area contributed by atoms with Crippen LogP contribution in [-0.2, 0) is 4.79 Å². The lowest BCUT2D eigenvalue weighted by atomic mass is 9.97. The second-order valence-electron chi connectivity index (χ2n) is 5.04. The molecule has 1 rings (SSSR count). The molecular formula is C13H22N4OS. The van der Waals surface area contributed by atoms with Gasteiger partial charge in [-0.15, -0.1) is 0 Å². The highest BCUT2D eigenvalue weighted by Gasteiger charge is 2.24. The summed E-state index contributed by atoms with van der Waals surface area (Å²) in [4.78, 5) is 19.9. The number of rotatable bonds is 6. The lowest BCUT2D eigenvalue weighted by molar-refractivity contribution is -0.122. The van der Waals surface area contributed by atoms with Crippen molar-refractivity contribution in [2.45, 2.75) is 51.2 Å². The maximum absolute atomic E-state index is 11.1. The zero-order chi connectivity index (χ0) is 14.6. The van der Waals surface area contributed by atoms with Crippen molar-refractivity contribution in [1.29, 1.82) is 0 Å². The number of carbonyl (C=O) groups is 1. The predicted octanol–water partition coefficient (Wildman–Crippen LogP) is 1.48. The minimum Gasteiger partial charge on any atom is -0.368 e. The van der Waals surface area contributed by atoms with Gasteiger partial charge >= 0.3 is 0 Å². The fraction of sp³-hybridized carbons (Fsp3) is 0.615. The molecule has 0 radical (unpaired) electrons. The molecule has 1 aromatic heterocycles. The molecule has 0 fully saturated rings. The number of amides is 1. The van der Waals surface area contributed by atoms with Gasteiger partial charge in [-0.1, -0.05) is 11.8 Å². The van der Waals surface area contributed by atoms with E-state index in [1.54, 1.807) is 18.7 Å². The molecular weight excluding hydrogens is 260 g/mol. The third kappa shape index (κ3) is 4.47. The SMILES string of the molecule is Cc1nc(SCCCC(C)(N)C(N)=O)nc(C)c1C. The van der Waals surface area contributed by atoms with Crippen LogP contribution in [0.1, 0.15) is 36.7 Å². The lowest BCUT2D eigenvalue weighted by Gasteiger charge is -2.19. The number of aromatic nitrogens is 2. The normalized spacial score (nSPS) is 14.2. The Kier molecular flexibility index (Phi) is 5.31. The first-order valence-electron chi connectivity index (χ1n) is 6.27. The average Bonchev–Trinajstić information content (AvgIpc) is 2.31. The fourth-order valence-electron chi connectivity index (χ4n) is 1.53. The standard InChI is InChI=1S/C13H22N4OS/c1-8-9(2)16-12(17-10(8)3)19-7-5-6-13(4,15)11(14)18/h5-7,15H2,1-4H3,(H2,14,18). The van der Waals surface area contributed by atoms with Crippen LogP contribution in [0, 0.1) is 20.8 Å². The molecule has 1 unspecified atom stereocenters. The van der Waals surface area contributed by atoms with Gasteiger partial charge in [0.1, 0.15) is 0 Å². The number of aryl methyl sites for hydroxylation is 2. The molecule has 0 aliphatic heterocycles. The highest BCUT2D eigenvalue weighted by Crippen LogP contribution is 2.19. The van der Waals surface area contributed by atoms with Gasteiger partial charge in [-0.3, -0.25) is 4.79 Å². The van der Waals surface area contributed by atoms with Crippen molar-refractivity contribution >= 4 is 17.7 Å². The van der Waals surface area contributed by atoms with Crippen LogP contribution < -0.4 is 11.5 Å². The Morgan fingerprint density at radius 1 is 1.26 bits per heavy atom. The molecule has 106 valence electrons. The smallest absolute Gasteiger partial charge is 0.237 e. The summed E-state index contributed by atoms with van der Waals surface area (Å²) in [5, 5.41) is 0.776. The zero-order valence-electron chi connectivity index (χ0n) is 12.0. The summed E-state index contributed by atoms with van der Waals surface area (Å²) in [5.74, 6) is 0.359. The van der Waals surface area contributed by atoms with Gasteiger partial charge in [0.25, 0.3) is 0 Å². The van der Waals surface area contributed by atoms with E-state index in [0.29, 0.717) is 6.42 Å². The maximum Gasteiger partial charge on any atom is 0.237 e. The van der Waals surface area contributed by atoms with Crippen LogP contribution in [0.2, 0.25) is 0 Å². The molecule has 19 heavy (non-hydrogen) atoms. The largest absolute Gasteiger partial charge is 0.368 e. The quantitative estimate of drug-likeness (QED) is 0.468. The topological polar surface area (TPSA) is 94.9 Å². The highest BCUT2D eigenvalue weighted by molar-refractivity contribution is 7.99. The molecule has 1 heterocycles. The monoisotopic (exact) mass is 282 g/mol. The number of carbonyl (C=O) groups excluding carboxylic acids is 1. The summed E-state index contributed by atoms with van der Waals surface area (Å²) in [6.07, 6.45) is 1.37. The number of hydrogen-bond donors (Lipinski definition) is 2. The molecule has 0 bridgehead atoms. The highest BCUT2D eigenvalue weighted by atomic mass is 32.2. The first-order valence-corrected chi connectivity index (χ1v) is 7.26. The summed E-state index contributed by atoms with van der Waals surface area (Å²) >= 11 is 1.58. The van der Waals surface area contributed by atoms with Crippen molar-refractivity contribution in [2.75, 3.05) is 5.75 Å². The van der Waals surface area contributed by atoms with E-state index in [1.165, 1.54) is 0 Å². The summed E-state index contributed by atoms with van der Waals surface area (Å²) in [5.41, 5.74) is 13.2. The van der Waals surface area contributed by atoms with E-state index in [1.807, 2.05) is 20.8 Å². The summed E-state index contributed by atoms with van der Waals surface area (Å²) in [6, 6.07) is 0. The number of nitrogens with two attached hydrogens (primary N) is 2. The van der Waals surface area contributed by atoms with Gasteiger partial charge in [0, 0.05) is 17.1 Å². The van der Waals surface area contributed by atoms with Crippen molar-refractivity contribution < 1.29 is 4.79 Å². The Bertz CT molecular complexity index is 451. The van der Waals surface area contributed by atoms with Gasteiger partial charge in [0.05, 0.1) is 5.54 Å². The van der Waals surface area contributed by atoms with Crippen molar-refractivity contribution in [2.24, 2.45) is 11.5 Å². The van der Waals surface area contributed by atoms with Crippen molar-refractivity contribution in [1.82, 2.24) is 9.97 Å². The third-order valence-corrected chi connectivity index (χ3v) is 4.18. The van der Waals surface area contributed by atoms with E-state index in [4.69, 9.17) is 11.5 Å². The molecule has 1 amide bonds. The molecule has 4 N–H and O–H groups in total. The van der Waals surface area contributed by atoms with Crippen LogP contribution in [0.15, 0.2) is 5.16 Å². The second-order valence-corrected chi connectivity index (χ2v) is 6.10. The van der Waals surface area contributed by atoms with E-state index in [9.17, 15) is 4.79 Å². The van der Waals surface area contributed by atoms with E-state index >= 15 is 0 Å². The maximum atomic E-state index is 11.1. The molecule has 0 aliphatic carbocycles. The van der Waals surface area contributed by atoms with E-state index < -0.39 is 11.4 Å². The van der Waals surface area contributed by atoms with Crippen LogP contribution >= 0.6 is 11.8 Å². The molecule has 5 nitrogen and oxygen atoms in total. The first kappa shape index (κ1) is 15.9. The molecule has 0 spiro atoms. The van der Waals surface area contributed by atoms with Gasteiger partial charge in [-0.25, -0.2) is 9.97 Å². The van der Waals surface area contributed by atoms with Gasteiger partial charge in [-0.05, 0) is 46.1 Å². The third-order valence-electron chi connectivity index (χ3n) is 3.25. The Labute approximate surface area is 118 Å². The zero-order valence-corrected chi connectivity index (χ0v) is 12.8. The Morgan fingerprint density at radius 2 is 1.79 bits per heavy atom. The molecule has 1 aromatic rings. The molecule has 6 heteroatoms. The summed E-state index contributed by atoms with van der Waals surface area (Å²) in [6.45, 7) is 7.65. The molecule has 0 saturated heterocycles. The number of hydrogen-bond acceptors (Lipinski definition) is 5. The number of nitrogens with zero attached hydrogens (tertiary/aromatic N) is 2. The van der Waals surface area contributed by atoms with Crippen molar-refractivity contribution in [3.63, 3.8) is 0 Å². The van der Waals surface area contributed by atoms with Crippen LogP contribution in [-0.4, -0.2) is 27.2 Å². The van der Waals surface area contributed by atoms with Crippen LogP contribution in [0.5, 0.6) is 0 Å². The molecule has 0 aromatic carbocycles. The predicted molar refractivity (Wildman–Crippen MR) is 78.0 cm³/mol. The Hall–Kier alpha value is -1.14. The Balaban J connectivity index is 2.49. The first-order chi connectivity index (χ1) is 8.74. The Morgan fingerprint density at radius 3 is 2.26 bits per heavy atom. The van der Waals surface area contributed by atoms with Crippen LogP contribution in [0.4, 0.5) is 0 Å². The van der Waals surface area contributed by atoms with Crippen LogP contribution in [0.3, 0.4) is 0 Å². The minimum absolute atomic E-state index is 0.462. The fourth-order valence-corrected chi connectivity index (χ4v) is 2.41. The second kappa shape index (κ2) is 6.34. The van der Waals surface area contributed by atoms with Crippen molar-refractivity contribution in [3.05, 3.63) is 17.0 Å². The van der Waals surface area contributed by atoms with E-state index in [-0.39, 0.29) is 0 Å². The van der Waals surface area contributed by atoms with Gasteiger partial charge in [0.15, 0.2) is 5.16 Å². The summed E-state index contributed by atoms with van der Waals surface area (Å²) in [7, 11) is 0. The lowest BCUT2D eigenvalue weighted by Crippen LogP contribution is -2.49. The minimum atomic E-state index is -0.930.